The standard InChI is InChI=1S/C13H29N3.C3H7NS2/c1-2-3-4-5-6-7-8-9-10-11-12-16-13(14)15;1-4(2)3(5)6/h2-12H2,1H3,(H4,14,15,16);1-2H3,(H,5,6). The predicted molar refractivity (Wildman–Crippen MR) is 108 cm³/mol. The second-order valence-electron chi connectivity index (χ2n) is 5.67. The predicted octanol–water partition coefficient (Wildman–Crippen LogP) is 3.94. The van der Waals surface area contributed by atoms with Gasteiger partial charge in [-0.25, -0.2) is 0 Å². The van der Waals surface area contributed by atoms with Gasteiger partial charge in [-0.2, -0.15) is 0 Å². The average Bonchev–Trinajstić information content (AvgIpc) is 2.45. The Kier molecular flexibility index (Phi) is 20.1. The first-order valence-corrected chi connectivity index (χ1v) is 9.23. The van der Waals surface area contributed by atoms with Crippen LogP contribution in [0.2, 0.25) is 0 Å². The first-order valence-electron chi connectivity index (χ1n) is 8.37. The van der Waals surface area contributed by atoms with Gasteiger partial charge in [-0.15, -0.1) is 12.6 Å². The summed E-state index contributed by atoms with van der Waals surface area (Å²) in [7, 11) is 3.71. The highest BCUT2D eigenvalue weighted by Gasteiger charge is 1.92. The maximum Gasteiger partial charge on any atom is 0.185 e. The van der Waals surface area contributed by atoms with E-state index in [0.29, 0.717) is 4.32 Å². The molecule has 132 valence electrons. The molecule has 0 radical (unpaired) electrons. The average molecular weight is 349 g/mol. The molecule has 0 heterocycles. The lowest BCUT2D eigenvalue weighted by Gasteiger charge is -2.05. The summed E-state index contributed by atoms with van der Waals surface area (Å²) in [5, 5.41) is 0. The lowest BCUT2D eigenvalue weighted by atomic mass is 10.1. The Balaban J connectivity index is 0. The van der Waals surface area contributed by atoms with Gasteiger partial charge < -0.3 is 16.4 Å². The maximum atomic E-state index is 5.24. The molecule has 0 fully saturated rings. The molecule has 0 aliphatic carbocycles. The Hall–Kier alpha value is -0.490. The Morgan fingerprint density at radius 1 is 0.909 bits per heavy atom. The van der Waals surface area contributed by atoms with E-state index in [2.05, 4.69) is 36.8 Å². The van der Waals surface area contributed by atoms with E-state index in [1.807, 2.05) is 14.1 Å². The minimum atomic E-state index is 0.218. The molecule has 0 aliphatic rings. The molecule has 22 heavy (non-hydrogen) atoms. The van der Waals surface area contributed by atoms with Gasteiger partial charge in [0.15, 0.2) is 5.96 Å². The maximum absolute atomic E-state index is 5.24. The topological polar surface area (TPSA) is 67.6 Å². The third kappa shape index (κ3) is 24.5. The van der Waals surface area contributed by atoms with Crippen LogP contribution in [0.5, 0.6) is 0 Å². The Morgan fingerprint density at radius 2 is 1.27 bits per heavy atom. The van der Waals surface area contributed by atoms with Crippen molar-refractivity contribution in [1.29, 1.82) is 0 Å². The highest BCUT2D eigenvalue weighted by molar-refractivity contribution is 8.10. The van der Waals surface area contributed by atoms with Gasteiger partial charge in [0, 0.05) is 20.6 Å². The van der Waals surface area contributed by atoms with E-state index >= 15 is 0 Å². The Bertz CT molecular complexity index is 277. The summed E-state index contributed by atoms with van der Waals surface area (Å²) in [6, 6.07) is 0. The Morgan fingerprint density at radius 3 is 1.59 bits per heavy atom. The first kappa shape index (κ1) is 23.8. The zero-order chi connectivity index (χ0) is 17.2. The largest absolute Gasteiger partial charge is 0.370 e. The molecule has 0 bridgehead atoms. The summed E-state index contributed by atoms with van der Waals surface area (Å²) < 4.78 is 0.620. The van der Waals surface area contributed by atoms with Gasteiger partial charge in [-0.1, -0.05) is 76.9 Å². The monoisotopic (exact) mass is 348 g/mol. The molecule has 6 heteroatoms. The van der Waals surface area contributed by atoms with E-state index in [1.165, 1.54) is 57.8 Å². The van der Waals surface area contributed by atoms with Crippen molar-refractivity contribution in [3.8, 4) is 0 Å². The molecule has 0 aromatic carbocycles. The van der Waals surface area contributed by atoms with Gasteiger partial charge >= 0.3 is 0 Å². The number of nitrogens with two attached hydrogens (primary N) is 2. The van der Waals surface area contributed by atoms with Crippen LogP contribution in [-0.4, -0.2) is 35.8 Å². The first-order chi connectivity index (χ1) is 10.4. The summed E-state index contributed by atoms with van der Waals surface area (Å²) in [5.41, 5.74) is 10.5. The summed E-state index contributed by atoms with van der Waals surface area (Å²) in [6.07, 6.45) is 13.5. The van der Waals surface area contributed by atoms with Crippen LogP contribution in [0.1, 0.15) is 71.1 Å². The fourth-order valence-electron chi connectivity index (χ4n) is 1.81. The van der Waals surface area contributed by atoms with Gasteiger partial charge in [-0.05, 0) is 6.42 Å². The molecule has 0 atom stereocenters. The molecule has 0 amide bonds. The van der Waals surface area contributed by atoms with Crippen molar-refractivity contribution in [3.05, 3.63) is 0 Å². The molecule has 4 N–H and O–H groups in total. The lowest BCUT2D eigenvalue weighted by Crippen LogP contribution is -2.22. The molecular formula is C16H36N4S2. The molecule has 0 aromatic rings. The van der Waals surface area contributed by atoms with E-state index in [-0.39, 0.29) is 5.96 Å². The van der Waals surface area contributed by atoms with Crippen LogP contribution < -0.4 is 11.5 Å². The quantitative estimate of drug-likeness (QED) is 0.174. The number of aliphatic imine (C=N–C) groups is 1. The van der Waals surface area contributed by atoms with Crippen molar-refractivity contribution < 1.29 is 0 Å². The third-order valence-electron chi connectivity index (χ3n) is 3.19. The number of hydrogen-bond acceptors (Lipinski definition) is 2. The summed E-state index contributed by atoms with van der Waals surface area (Å²) in [5.74, 6) is 0.218. The fourth-order valence-corrected chi connectivity index (χ4v) is 1.81. The molecule has 4 nitrogen and oxygen atoms in total. The SMILES string of the molecule is CCCCCCCCCCCCN=C(N)N.CN(C)C(=S)S. The van der Waals surface area contributed by atoms with Crippen LogP contribution in [0.3, 0.4) is 0 Å². The molecule has 0 unspecified atom stereocenters. The fraction of sp³-hybridized carbons (Fsp3) is 0.875. The van der Waals surface area contributed by atoms with Gasteiger partial charge in [0.1, 0.15) is 4.32 Å². The zero-order valence-corrected chi connectivity index (χ0v) is 16.4. The van der Waals surface area contributed by atoms with Crippen LogP contribution in [-0.2, 0) is 0 Å². The number of thiol groups is 1. The van der Waals surface area contributed by atoms with Crippen molar-refractivity contribution in [2.45, 2.75) is 71.1 Å². The molecule has 0 rings (SSSR count). The molecule has 0 spiro atoms. The Labute approximate surface area is 148 Å². The van der Waals surface area contributed by atoms with Crippen LogP contribution in [0.4, 0.5) is 0 Å². The number of guanidine groups is 1. The van der Waals surface area contributed by atoms with Crippen LogP contribution in [0, 0.1) is 0 Å². The molecule has 0 saturated heterocycles. The smallest absolute Gasteiger partial charge is 0.185 e. The second-order valence-corrected chi connectivity index (χ2v) is 6.78. The highest BCUT2D eigenvalue weighted by Crippen LogP contribution is 2.10. The highest BCUT2D eigenvalue weighted by atomic mass is 32.1. The summed E-state index contributed by atoms with van der Waals surface area (Å²) >= 11 is 8.46. The van der Waals surface area contributed by atoms with Crippen molar-refractivity contribution in [3.63, 3.8) is 0 Å². The summed E-state index contributed by atoms with van der Waals surface area (Å²) in [6.45, 7) is 3.05. The molecule has 0 aliphatic heterocycles. The van der Waals surface area contributed by atoms with E-state index in [9.17, 15) is 0 Å². The molecule has 0 saturated carbocycles. The van der Waals surface area contributed by atoms with Crippen molar-refractivity contribution in [2.75, 3.05) is 20.6 Å². The second kappa shape index (κ2) is 18.6. The van der Waals surface area contributed by atoms with E-state index in [0.717, 1.165) is 13.0 Å². The number of thiocarbonyl (C=S) groups is 1. The van der Waals surface area contributed by atoms with Crippen molar-refractivity contribution in [2.24, 2.45) is 16.5 Å². The summed E-state index contributed by atoms with van der Waals surface area (Å²) in [4.78, 5) is 5.73. The lowest BCUT2D eigenvalue weighted by molar-refractivity contribution is 0.558. The number of rotatable bonds is 11. The number of unbranched alkanes of at least 4 members (excludes halogenated alkanes) is 9. The van der Waals surface area contributed by atoms with Crippen LogP contribution in [0.15, 0.2) is 4.99 Å². The molecule has 0 aromatic heterocycles. The van der Waals surface area contributed by atoms with Gasteiger partial charge in [0.25, 0.3) is 0 Å². The number of hydrogen-bond donors (Lipinski definition) is 3. The number of nitrogens with zero attached hydrogens (tertiary/aromatic N) is 2. The van der Waals surface area contributed by atoms with Gasteiger partial charge in [0.2, 0.25) is 0 Å². The normalized spacial score (nSPS) is 9.64. The van der Waals surface area contributed by atoms with Crippen LogP contribution >= 0.6 is 24.8 Å². The van der Waals surface area contributed by atoms with Crippen molar-refractivity contribution >= 4 is 35.1 Å². The zero-order valence-electron chi connectivity index (χ0n) is 14.7. The van der Waals surface area contributed by atoms with Gasteiger partial charge in [-0.3, -0.25) is 4.99 Å². The van der Waals surface area contributed by atoms with Gasteiger partial charge in [0.05, 0.1) is 0 Å². The van der Waals surface area contributed by atoms with E-state index < -0.39 is 0 Å². The minimum absolute atomic E-state index is 0.218. The van der Waals surface area contributed by atoms with Crippen LogP contribution in [0.25, 0.3) is 0 Å². The van der Waals surface area contributed by atoms with Crippen molar-refractivity contribution in [1.82, 2.24) is 4.90 Å². The molecular weight excluding hydrogens is 312 g/mol. The van der Waals surface area contributed by atoms with E-state index in [4.69, 9.17) is 11.5 Å². The minimum Gasteiger partial charge on any atom is -0.370 e. The third-order valence-corrected chi connectivity index (χ3v) is 3.95. The van der Waals surface area contributed by atoms with E-state index in [1.54, 1.807) is 4.90 Å².